The van der Waals surface area contributed by atoms with Crippen LogP contribution in [0, 0.1) is 0 Å². The Hall–Kier alpha value is -2.29. The summed E-state index contributed by atoms with van der Waals surface area (Å²) in [7, 11) is 1.34. The van der Waals surface area contributed by atoms with Crippen molar-refractivity contribution in [3.63, 3.8) is 0 Å². The van der Waals surface area contributed by atoms with Crippen LogP contribution >= 0.6 is 0 Å². The summed E-state index contributed by atoms with van der Waals surface area (Å²) in [5.41, 5.74) is 8.04. The second kappa shape index (κ2) is 5.57. The second-order valence-corrected chi connectivity index (χ2v) is 4.18. The van der Waals surface area contributed by atoms with Crippen molar-refractivity contribution in [2.24, 2.45) is 5.84 Å². The molecule has 6 N–H and O–H groups in total. The van der Waals surface area contributed by atoms with E-state index in [1.165, 1.54) is 7.11 Å². The van der Waals surface area contributed by atoms with Crippen molar-refractivity contribution in [2.75, 3.05) is 36.3 Å². The quantitative estimate of drug-likeness (QED) is 0.417. The maximum absolute atomic E-state index is 11.1. The first kappa shape index (κ1) is 13.1. The minimum atomic E-state index is -0.432. The molecule has 0 saturated carbocycles. The lowest BCUT2D eigenvalue weighted by molar-refractivity contribution is 0.167. The number of methoxy groups -OCH3 is 1. The predicted octanol–water partition coefficient (Wildman–Crippen LogP) is -0.721. The number of nitrogens with two attached hydrogens (primary N) is 2. The molecule has 1 fully saturated rings. The van der Waals surface area contributed by atoms with Gasteiger partial charge < -0.3 is 26.1 Å². The number of carbonyl (C=O) groups is 1. The third-order valence-electron chi connectivity index (χ3n) is 2.90. The maximum atomic E-state index is 11.1. The number of hydrazine groups is 1. The molecule has 1 aromatic rings. The van der Waals surface area contributed by atoms with Gasteiger partial charge in [-0.25, -0.2) is 10.6 Å². The lowest BCUT2D eigenvalue weighted by atomic mass is 10.3. The fourth-order valence-electron chi connectivity index (χ4n) is 2.00. The van der Waals surface area contributed by atoms with E-state index in [2.05, 4.69) is 25.4 Å². The third-order valence-corrected chi connectivity index (χ3v) is 2.90. The van der Waals surface area contributed by atoms with Gasteiger partial charge in [0, 0.05) is 19.2 Å². The molecule has 0 radical (unpaired) electrons. The van der Waals surface area contributed by atoms with Crippen molar-refractivity contribution < 1.29 is 9.53 Å². The lowest BCUT2D eigenvalue weighted by Crippen LogP contribution is -2.37. The van der Waals surface area contributed by atoms with Gasteiger partial charge in [0.25, 0.3) is 0 Å². The van der Waals surface area contributed by atoms with Crippen LogP contribution < -0.4 is 27.2 Å². The highest BCUT2D eigenvalue weighted by atomic mass is 16.5. The van der Waals surface area contributed by atoms with Crippen molar-refractivity contribution in [3.05, 3.63) is 6.07 Å². The fraction of sp³-hybridized carbons (Fsp3) is 0.500. The van der Waals surface area contributed by atoms with E-state index in [4.69, 9.17) is 11.6 Å². The third kappa shape index (κ3) is 3.13. The number of nitrogens with zero attached hydrogens (tertiary/aromatic N) is 3. The van der Waals surface area contributed by atoms with E-state index >= 15 is 0 Å². The molecule has 1 unspecified atom stereocenters. The van der Waals surface area contributed by atoms with Crippen molar-refractivity contribution in [3.8, 4) is 0 Å². The zero-order valence-electron chi connectivity index (χ0n) is 10.6. The normalized spacial score (nSPS) is 18.2. The average Bonchev–Trinajstić information content (AvgIpc) is 2.86. The molecule has 9 heteroatoms. The summed E-state index contributed by atoms with van der Waals surface area (Å²) in [6.07, 6.45) is 0.378. The summed E-state index contributed by atoms with van der Waals surface area (Å²) in [4.78, 5) is 21.2. The van der Waals surface area contributed by atoms with Crippen LogP contribution in [0.15, 0.2) is 6.07 Å². The number of nitrogen functional groups attached to an aromatic ring is 2. The highest BCUT2D eigenvalue weighted by Crippen LogP contribution is 2.21. The van der Waals surface area contributed by atoms with Crippen LogP contribution in [0.4, 0.5) is 22.4 Å². The molecule has 1 atom stereocenters. The van der Waals surface area contributed by atoms with Gasteiger partial charge in [0.1, 0.15) is 11.6 Å². The Bertz CT molecular complexity index is 467. The molecule has 0 aliphatic carbocycles. The number of rotatable bonds is 3. The summed E-state index contributed by atoms with van der Waals surface area (Å²) in [6.45, 7) is 1.39. The minimum Gasteiger partial charge on any atom is -0.453 e. The molecule has 1 saturated heterocycles. The van der Waals surface area contributed by atoms with Gasteiger partial charge in [-0.2, -0.15) is 9.97 Å². The second-order valence-electron chi connectivity index (χ2n) is 4.18. The van der Waals surface area contributed by atoms with Gasteiger partial charge in [0.15, 0.2) is 0 Å². The maximum Gasteiger partial charge on any atom is 0.407 e. The number of ether oxygens (including phenoxy) is 1. The molecular formula is C10H17N7O2. The number of aromatic nitrogens is 2. The SMILES string of the molecule is COC(=O)NC1CCN(c2cc(NN)nc(N)n2)C1. The number of hydrogen-bond acceptors (Lipinski definition) is 8. The number of hydrogen-bond donors (Lipinski definition) is 4. The molecule has 0 bridgehead atoms. The zero-order chi connectivity index (χ0) is 13.8. The monoisotopic (exact) mass is 267 g/mol. The first-order valence-corrected chi connectivity index (χ1v) is 5.83. The molecule has 2 heterocycles. The van der Waals surface area contributed by atoms with Crippen molar-refractivity contribution in [1.29, 1.82) is 0 Å². The summed E-state index contributed by atoms with van der Waals surface area (Å²) < 4.78 is 4.57. The number of anilines is 3. The van der Waals surface area contributed by atoms with E-state index in [1.807, 2.05) is 4.90 Å². The smallest absolute Gasteiger partial charge is 0.407 e. The van der Waals surface area contributed by atoms with Gasteiger partial charge in [-0.3, -0.25) is 0 Å². The Labute approximate surface area is 110 Å². The van der Waals surface area contributed by atoms with Gasteiger partial charge in [-0.15, -0.1) is 0 Å². The Balaban J connectivity index is 2.04. The summed E-state index contributed by atoms with van der Waals surface area (Å²) in [6, 6.07) is 1.73. The molecule has 1 aliphatic rings. The summed E-state index contributed by atoms with van der Waals surface area (Å²) in [5.74, 6) is 6.58. The van der Waals surface area contributed by atoms with Gasteiger partial charge >= 0.3 is 6.09 Å². The number of amides is 1. The Morgan fingerprint density at radius 2 is 2.37 bits per heavy atom. The number of carbonyl (C=O) groups excluding carboxylic acids is 1. The highest BCUT2D eigenvalue weighted by Gasteiger charge is 2.25. The standard InChI is InChI=1S/C10H17N7O2/c1-19-10(18)13-6-2-3-17(5-6)8-4-7(16-12)14-9(11)15-8/h4,6H,2-3,5,12H2,1H3,(H,13,18)(H3,11,14,15,16). The summed E-state index contributed by atoms with van der Waals surface area (Å²) in [5, 5.41) is 2.75. The van der Waals surface area contributed by atoms with Crippen LogP contribution in [0.2, 0.25) is 0 Å². The molecule has 0 aromatic carbocycles. The van der Waals surface area contributed by atoms with Crippen molar-refractivity contribution in [2.45, 2.75) is 12.5 Å². The molecular weight excluding hydrogens is 250 g/mol. The van der Waals surface area contributed by atoms with Crippen molar-refractivity contribution >= 4 is 23.7 Å². The molecule has 104 valence electrons. The van der Waals surface area contributed by atoms with E-state index in [0.29, 0.717) is 18.2 Å². The van der Waals surface area contributed by atoms with E-state index in [1.54, 1.807) is 6.07 Å². The number of nitrogens with one attached hydrogen (secondary N) is 2. The van der Waals surface area contributed by atoms with Crippen LogP contribution in [0.25, 0.3) is 0 Å². The first-order valence-electron chi connectivity index (χ1n) is 5.83. The van der Waals surface area contributed by atoms with Gasteiger partial charge in [0.05, 0.1) is 13.2 Å². The Morgan fingerprint density at radius 3 is 3.05 bits per heavy atom. The van der Waals surface area contributed by atoms with Crippen LogP contribution in [-0.2, 0) is 4.74 Å². The van der Waals surface area contributed by atoms with Crippen LogP contribution in [0.5, 0.6) is 0 Å². The topological polar surface area (TPSA) is 131 Å². The Kier molecular flexibility index (Phi) is 3.85. The molecule has 2 rings (SSSR count). The van der Waals surface area contributed by atoms with Gasteiger partial charge in [0.2, 0.25) is 5.95 Å². The number of alkyl carbamates (subject to hydrolysis) is 1. The Morgan fingerprint density at radius 1 is 1.58 bits per heavy atom. The molecule has 0 spiro atoms. The molecule has 1 aromatic heterocycles. The van der Waals surface area contributed by atoms with Crippen LogP contribution in [0.1, 0.15) is 6.42 Å². The van der Waals surface area contributed by atoms with E-state index in [9.17, 15) is 4.79 Å². The van der Waals surface area contributed by atoms with Gasteiger partial charge in [-0.1, -0.05) is 0 Å². The van der Waals surface area contributed by atoms with E-state index in [0.717, 1.165) is 13.0 Å². The van der Waals surface area contributed by atoms with E-state index in [-0.39, 0.29) is 12.0 Å². The largest absolute Gasteiger partial charge is 0.453 e. The molecule has 1 amide bonds. The van der Waals surface area contributed by atoms with Crippen LogP contribution in [0.3, 0.4) is 0 Å². The average molecular weight is 267 g/mol. The zero-order valence-corrected chi connectivity index (χ0v) is 10.6. The summed E-state index contributed by atoms with van der Waals surface area (Å²) >= 11 is 0. The highest BCUT2D eigenvalue weighted by molar-refractivity contribution is 5.67. The van der Waals surface area contributed by atoms with Crippen LogP contribution in [-0.4, -0.2) is 42.3 Å². The minimum absolute atomic E-state index is 0.0259. The predicted molar refractivity (Wildman–Crippen MR) is 70.4 cm³/mol. The molecule has 19 heavy (non-hydrogen) atoms. The van der Waals surface area contributed by atoms with E-state index < -0.39 is 6.09 Å². The molecule has 1 aliphatic heterocycles. The van der Waals surface area contributed by atoms with Gasteiger partial charge in [-0.05, 0) is 6.42 Å². The first-order chi connectivity index (χ1) is 9.12. The molecule has 9 nitrogen and oxygen atoms in total. The van der Waals surface area contributed by atoms with Crippen molar-refractivity contribution in [1.82, 2.24) is 15.3 Å². The lowest BCUT2D eigenvalue weighted by Gasteiger charge is -2.18. The fourth-order valence-corrected chi connectivity index (χ4v) is 2.00.